The summed E-state index contributed by atoms with van der Waals surface area (Å²) in [6.07, 6.45) is -1.10. The van der Waals surface area contributed by atoms with Crippen molar-refractivity contribution < 1.29 is 38.2 Å². The summed E-state index contributed by atoms with van der Waals surface area (Å²) in [5.41, 5.74) is -0.764. The Labute approximate surface area is 175 Å². The van der Waals surface area contributed by atoms with E-state index < -0.39 is 47.5 Å². The minimum atomic E-state index is -1.11. The van der Waals surface area contributed by atoms with Gasteiger partial charge in [-0.3, -0.25) is 14.4 Å². The maximum Gasteiger partial charge on any atom is 0.408 e. The van der Waals surface area contributed by atoms with Crippen LogP contribution < -0.4 is 16.0 Å². The van der Waals surface area contributed by atoms with E-state index in [1.165, 1.54) is 7.11 Å². The summed E-state index contributed by atoms with van der Waals surface area (Å²) in [6, 6.07) is -2.10. The molecular formula is C17H29N3O8S. The molecule has 0 radical (unpaired) electrons. The molecule has 3 N–H and O–H groups in total. The molecule has 0 rings (SSSR count). The molecule has 3 amide bonds. The summed E-state index contributed by atoms with van der Waals surface area (Å²) in [5.74, 6) is -2.58. The molecule has 0 spiro atoms. The normalized spacial score (nSPS) is 12.8. The molecule has 0 aromatic rings. The van der Waals surface area contributed by atoms with E-state index in [9.17, 15) is 24.0 Å². The van der Waals surface area contributed by atoms with Crippen LogP contribution in [0.4, 0.5) is 4.79 Å². The minimum absolute atomic E-state index is 0.0185. The Kier molecular flexibility index (Phi) is 11.8. The van der Waals surface area contributed by atoms with Gasteiger partial charge in [-0.1, -0.05) is 0 Å². The maximum atomic E-state index is 12.1. The Bertz CT molecular complexity index is 606. The zero-order chi connectivity index (χ0) is 22.6. The Hall–Kier alpha value is -2.50. The van der Waals surface area contributed by atoms with Crippen LogP contribution >= 0.6 is 12.6 Å². The van der Waals surface area contributed by atoms with Crippen molar-refractivity contribution in [3.05, 3.63) is 0 Å². The molecule has 0 fully saturated rings. The van der Waals surface area contributed by atoms with Gasteiger partial charge < -0.3 is 30.2 Å². The molecule has 29 heavy (non-hydrogen) atoms. The van der Waals surface area contributed by atoms with Crippen LogP contribution in [-0.4, -0.2) is 74.0 Å². The van der Waals surface area contributed by atoms with E-state index in [0.29, 0.717) is 0 Å². The second-order valence-corrected chi connectivity index (χ2v) is 7.22. The van der Waals surface area contributed by atoms with Gasteiger partial charge in [0.15, 0.2) is 0 Å². The van der Waals surface area contributed by atoms with Gasteiger partial charge in [0.25, 0.3) is 0 Å². The number of hydrogen-bond donors (Lipinski definition) is 4. The summed E-state index contributed by atoms with van der Waals surface area (Å²) in [5, 5.41) is 7.09. The number of esters is 2. The standard InChI is InChI=1S/C17H29N3O8S/c1-17(2,3)28-16(25)20-10(15(24)27-5)6-7-12(21)19-11(9-29)14(23)18-8-13(22)26-4/h10-11,29H,6-9H2,1-5H3,(H,18,23)(H,19,21)(H,20,25)/t10-,11-/m0/s1. The minimum Gasteiger partial charge on any atom is -0.468 e. The lowest BCUT2D eigenvalue weighted by atomic mass is 10.1. The first-order valence-electron chi connectivity index (χ1n) is 8.75. The van der Waals surface area contributed by atoms with Gasteiger partial charge >= 0.3 is 18.0 Å². The first kappa shape index (κ1) is 26.5. The molecule has 166 valence electrons. The van der Waals surface area contributed by atoms with Crippen LogP contribution in [-0.2, 0) is 33.4 Å². The molecule has 0 aromatic heterocycles. The zero-order valence-corrected chi connectivity index (χ0v) is 18.1. The van der Waals surface area contributed by atoms with Crippen molar-refractivity contribution in [2.45, 2.75) is 51.3 Å². The first-order valence-corrected chi connectivity index (χ1v) is 9.38. The predicted molar refractivity (Wildman–Crippen MR) is 105 cm³/mol. The fourth-order valence-corrected chi connectivity index (χ4v) is 2.19. The molecule has 11 nitrogen and oxygen atoms in total. The van der Waals surface area contributed by atoms with E-state index in [2.05, 4.69) is 38.1 Å². The van der Waals surface area contributed by atoms with Gasteiger partial charge in [-0.15, -0.1) is 0 Å². The van der Waals surface area contributed by atoms with E-state index in [-0.39, 0.29) is 25.1 Å². The average Bonchev–Trinajstić information content (AvgIpc) is 2.64. The second kappa shape index (κ2) is 12.9. The van der Waals surface area contributed by atoms with Crippen molar-refractivity contribution in [3.8, 4) is 0 Å². The first-order chi connectivity index (χ1) is 13.4. The number of carbonyl (C=O) groups excluding carboxylic acids is 5. The van der Waals surface area contributed by atoms with Gasteiger partial charge in [0.05, 0.1) is 14.2 Å². The lowest BCUT2D eigenvalue weighted by Crippen LogP contribution is -2.49. The topological polar surface area (TPSA) is 149 Å². The molecule has 0 unspecified atom stereocenters. The van der Waals surface area contributed by atoms with Gasteiger partial charge in [-0.25, -0.2) is 9.59 Å². The van der Waals surface area contributed by atoms with Crippen molar-refractivity contribution in [2.75, 3.05) is 26.5 Å². The van der Waals surface area contributed by atoms with Gasteiger partial charge in [-0.05, 0) is 27.2 Å². The number of rotatable bonds is 10. The van der Waals surface area contributed by atoms with Gasteiger partial charge in [0.2, 0.25) is 11.8 Å². The Morgan fingerprint density at radius 3 is 2.07 bits per heavy atom. The summed E-state index contributed by atoms with van der Waals surface area (Å²) < 4.78 is 14.1. The molecule has 2 atom stereocenters. The number of nitrogens with one attached hydrogen (secondary N) is 3. The van der Waals surface area contributed by atoms with Crippen molar-refractivity contribution >= 4 is 42.5 Å². The van der Waals surface area contributed by atoms with Crippen LogP contribution in [0, 0.1) is 0 Å². The molecule has 0 heterocycles. The van der Waals surface area contributed by atoms with Gasteiger partial charge in [0, 0.05) is 12.2 Å². The van der Waals surface area contributed by atoms with Crippen molar-refractivity contribution in [3.63, 3.8) is 0 Å². The number of ether oxygens (including phenoxy) is 3. The molecule has 12 heteroatoms. The highest BCUT2D eigenvalue weighted by molar-refractivity contribution is 7.80. The van der Waals surface area contributed by atoms with E-state index in [4.69, 9.17) is 4.74 Å². The molecule has 0 aliphatic rings. The van der Waals surface area contributed by atoms with Gasteiger partial charge in [0.1, 0.15) is 24.2 Å². The quantitative estimate of drug-likeness (QED) is 0.205. The molecular weight excluding hydrogens is 406 g/mol. The van der Waals surface area contributed by atoms with Gasteiger partial charge in [-0.2, -0.15) is 12.6 Å². The van der Waals surface area contributed by atoms with Crippen molar-refractivity contribution in [1.29, 1.82) is 0 Å². The molecule has 0 aliphatic heterocycles. The number of carbonyl (C=O) groups is 5. The smallest absolute Gasteiger partial charge is 0.408 e. The molecule has 0 saturated carbocycles. The Morgan fingerprint density at radius 1 is 0.966 bits per heavy atom. The predicted octanol–water partition coefficient (Wildman–Crippen LogP) is -0.463. The van der Waals surface area contributed by atoms with E-state index in [1.54, 1.807) is 20.8 Å². The van der Waals surface area contributed by atoms with Crippen molar-refractivity contribution in [1.82, 2.24) is 16.0 Å². The van der Waals surface area contributed by atoms with E-state index >= 15 is 0 Å². The number of alkyl carbamates (subject to hydrolysis) is 1. The summed E-state index contributed by atoms with van der Waals surface area (Å²) in [7, 11) is 2.32. The number of thiol groups is 1. The average molecular weight is 435 g/mol. The molecule has 0 bridgehead atoms. The highest BCUT2D eigenvalue weighted by atomic mass is 32.1. The lowest BCUT2D eigenvalue weighted by Gasteiger charge is -2.22. The fourth-order valence-electron chi connectivity index (χ4n) is 1.93. The summed E-state index contributed by atoms with van der Waals surface area (Å²) in [6.45, 7) is 4.64. The second-order valence-electron chi connectivity index (χ2n) is 6.86. The summed E-state index contributed by atoms with van der Waals surface area (Å²) >= 11 is 4.00. The highest BCUT2D eigenvalue weighted by Crippen LogP contribution is 2.08. The third-order valence-electron chi connectivity index (χ3n) is 3.31. The Morgan fingerprint density at radius 2 is 1.59 bits per heavy atom. The van der Waals surface area contributed by atoms with Crippen LogP contribution in [0.25, 0.3) is 0 Å². The molecule has 0 saturated heterocycles. The fraction of sp³-hybridized carbons (Fsp3) is 0.706. The monoisotopic (exact) mass is 435 g/mol. The van der Waals surface area contributed by atoms with Crippen LogP contribution in [0.15, 0.2) is 0 Å². The number of hydrogen-bond acceptors (Lipinski definition) is 9. The van der Waals surface area contributed by atoms with Crippen LogP contribution in [0.2, 0.25) is 0 Å². The SMILES string of the molecule is COC(=O)CNC(=O)[C@H](CS)NC(=O)CC[C@H](NC(=O)OC(C)(C)C)C(=O)OC. The lowest BCUT2D eigenvalue weighted by molar-refractivity contribution is -0.143. The number of amides is 3. The molecule has 0 aliphatic carbocycles. The van der Waals surface area contributed by atoms with E-state index in [0.717, 1.165) is 7.11 Å². The highest BCUT2D eigenvalue weighted by Gasteiger charge is 2.26. The largest absolute Gasteiger partial charge is 0.468 e. The van der Waals surface area contributed by atoms with Crippen LogP contribution in [0.1, 0.15) is 33.6 Å². The molecule has 0 aromatic carbocycles. The Balaban J connectivity index is 4.72. The number of methoxy groups -OCH3 is 2. The maximum absolute atomic E-state index is 12.1. The summed E-state index contributed by atoms with van der Waals surface area (Å²) in [4.78, 5) is 58.9. The van der Waals surface area contributed by atoms with E-state index in [1.807, 2.05) is 0 Å². The van der Waals surface area contributed by atoms with Crippen LogP contribution in [0.5, 0.6) is 0 Å². The van der Waals surface area contributed by atoms with Crippen molar-refractivity contribution in [2.24, 2.45) is 0 Å². The van der Waals surface area contributed by atoms with Crippen LogP contribution in [0.3, 0.4) is 0 Å². The zero-order valence-electron chi connectivity index (χ0n) is 17.2. The third-order valence-corrected chi connectivity index (χ3v) is 3.67. The third kappa shape index (κ3) is 11.8.